The number of rotatable bonds is 10. The van der Waals surface area contributed by atoms with E-state index < -0.39 is 12.0 Å². The van der Waals surface area contributed by atoms with E-state index in [-0.39, 0.29) is 12.0 Å². The number of methoxy groups -OCH3 is 3. The monoisotopic (exact) mass is 324 g/mol. The first kappa shape index (κ1) is 19.4. The van der Waals surface area contributed by atoms with E-state index >= 15 is 0 Å². The maximum Gasteiger partial charge on any atom is 0.223 e. The minimum absolute atomic E-state index is 0.0548. The zero-order valence-electron chi connectivity index (χ0n) is 14.4. The summed E-state index contributed by atoms with van der Waals surface area (Å²) in [6.07, 6.45) is 0.914. The molecular formula is C17H28N2O4. The van der Waals surface area contributed by atoms with Crippen LogP contribution in [0.3, 0.4) is 0 Å². The van der Waals surface area contributed by atoms with Crippen LogP contribution in [0.4, 0.5) is 0 Å². The molecule has 4 N–H and O–H groups in total. The van der Waals surface area contributed by atoms with Crippen molar-refractivity contribution in [1.29, 1.82) is 0 Å². The van der Waals surface area contributed by atoms with Crippen LogP contribution in [0.25, 0.3) is 0 Å². The number of benzene rings is 1. The number of amides is 1. The molecule has 6 nitrogen and oxygen atoms in total. The molecule has 1 aromatic rings. The van der Waals surface area contributed by atoms with E-state index in [4.69, 9.17) is 25.7 Å². The molecule has 3 unspecified atom stereocenters. The lowest BCUT2D eigenvalue weighted by atomic mass is 9.87. The molecule has 1 amide bonds. The Morgan fingerprint density at radius 3 is 2.35 bits per heavy atom. The predicted molar refractivity (Wildman–Crippen MR) is 89.0 cm³/mol. The van der Waals surface area contributed by atoms with Gasteiger partial charge in [0, 0.05) is 20.8 Å². The van der Waals surface area contributed by atoms with Crippen LogP contribution < -0.4 is 16.2 Å². The van der Waals surface area contributed by atoms with Gasteiger partial charge >= 0.3 is 0 Å². The molecule has 3 atom stereocenters. The summed E-state index contributed by atoms with van der Waals surface area (Å²) in [7, 11) is 4.82. The van der Waals surface area contributed by atoms with Gasteiger partial charge < -0.3 is 25.7 Å². The average Bonchev–Trinajstić information content (AvgIpc) is 2.57. The van der Waals surface area contributed by atoms with Crippen molar-refractivity contribution < 1.29 is 19.0 Å². The molecule has 0 radical (unpaired) electrons. The lowest BCUT2D eigenvalue weighted by Crippen LogP contribution is -2.31. The zero-order chi connectivity index (χ0) is 17.4. The van der Waals surface area contributed by atoms with Gasteiger partial charge in [-0.25, -0.2) is 0 Å². The molecule has 6 heteroatoms. The third-order valence-corrected chi connectivity index (χ3v) is 4.15. The predicted octanol–water partition coefficient (Wildman–Crippen LogP) is 1.76. The quantitative estimate of drug-likeness (QED) is 0.683. The molecule has 0 aliphatic rings. The molecule has 0 spiro atoms. The number of hydrogen-bond acceptors (Lipinski definition) is 5. The van der Waals surface area contributed by atoms with Crippen LogP contribution in [0.2, 0.25) is 0 Å². The van der Waals surface area contributed by atoms with Crippen LogP contribution in [0, 0.1) is 5.92 Å². The summed E-state index contributed by atoms with van der Waals surface area (Å²) in [6, 6.07) is 5.57. The molecule has 23 heavy (non-hydrogen) atoms. The number of hydrogen-bond donors (Lipinski definition) is 2. The third kappa shape index (κ3) is 5.20. The van der Waals surface area contributed by atoms with Crippen molar-refractivity contribution in [2.24, 2.45) is 17.4 Å². The second-order valence-electron chi connectivity index (χ2n) is 5.56. The first-order valence-electron chi connectivity index (χ1n) is 7.70. The second kappa shape index (κ2) is 9.50. The van der Waals surface area contributed by atoms with Gasteiger partial charge in [0.25, 0.3) is 0 Å². The van der Waals surface area contributed by atoms with Crippen LogP contribution >= 0.6 is 0 Å². The first-order chi connectivity index (χ1) is 11.0. The van der Waals surface area contributed by atoms with Crippen LogP contribution in [-0.4, -0.2) is 33.3 Å². The van der Waals surface area contributed by atoms with Crippen molar-refractivity contribution in [2.75, 3.05) is 21.3 Å². The highest BCUT2D eigenvalue weighted by Gasteiger charge is 2.30. The van der Waals surface area contributed by atoms with Crippen LogP contribution in [-0.2, 0) is 20.8 Å². The topological polar surface area (TPSA) is 96.8 Å². The Balaban J connectivity index is 3.09. The molecule has 0 aliphatic heterocycles. The average molecular weight is 324 g/mol. The number of primary amides is 1. The Kier molecular flexibility index (Phi) is 8.02. The summed E-state index contributed by atoms with van der Waals surface area (Å²) >= 11 is 0. The van der Waals surface area contributed by atoms with Crippen molar-refractivity contribution in [1.82, 2.24) is 0 Å². The summed E-state index contributed by atoms with van der Waals surface area (Å²) in [5.41, 5.74) is 13.2. The maximum absolute atomic E-state index is 11.9. The molecular weight excluding hydrogens is 296 g/mol. The number of nitrogens with two attached hydrogens (primary N) is 2. The molecule has 0 saturated heterocycles. The lowest BCUT2D eigenvalue weighted by Gasteiger charge is -2.26. The molecule has 0 bridgehead atoms. The molecule has 0 saturated carbocycles. The third-order valence-electron chi connectivity index (χ3n) is 4.15. The zero-order valence-corrected chi connectivity index (χ0v) is 14.4. The highest BCUT2D eigenvalue weighted by Crippen LogP contribution is 2.33. The molecule has 0 aromatic heterocycles. The number of carbonyl (C=O) groups excluding carboxylic acids is 1. The second-order valence-corrected chi connectivity index (χ2v) is 5.56. The van der Waals surface area contributed by atoms with Gasteiger partial charge in [-0.3, -0.25) is 4.79 Å². The highest BCUT2D eigenvalue weighted by molar-refractivity contribution is 5.77. The molecule has 0 heterocycles. The fraction of sp³-hybridized carbons (Fsp3) is 0.588. The normalized spacial score (nSPS) is 15.0. The molecule has 0 aliphatic carbocycles. The Morgan fingerprint density at radius 1 is 1.17 bits per heavy atom. The van der Waals surface area contributed by atoms with E-state index in [1.165, 1.54) is 0 Å². The van der Waals surface area contributed by atoms with E-state index in [9.17, 15) is 4.79 Å². The molecule has 1 aromatic carbocycles. The number of ether oxygens (including phenoxy) is 3. The first-order valence-corrected chi connectivity index (χ1v) is 7.70. The van der Waals surface area contributed by atoms with Crippen molar-refractivity contribution in [3.63, 3.8) is 0 Å². The molecule has 0 fully saturated rings. The summed E-state index contributed by atoms with van der Waals surface area (Å²) < 4.78 is 16.1. The van der Waals surface area contributed by atoms with Gasteiger partial charge in [0.05, 0.1) is 25.2 Å². The van der Waals surface area contributed by atoms with Gasteiger partial charge in [-0.05, 0) is 43.0 Å². The highest BCUT2D eigenvalue weighted by atomic mass is 16.5. The minimum atomic E-state index is -0.448. The van der Waals surface area contributed by atoms with Crippen molar-refractivity contribution in [2.45, 2.75) is 38.5 Å². The van der Waals surface area contributed by atoms with E-state index in [2.05, 4.69) is 0 Å². The van der Waals surface area contributed by atoms with E-state index in [0.717, 1.165) is 17.5 Å². The largest absolute Gasteiger partial charge is 0.497 e. The van der Waals surface area contributed by atoms with Crippen molar-refractivity contribution in [3.05, 3.63) is 29.3 Å². The van der Waals surface area contributed by atoms with Gasteiger partial charge in [0.1, 0.15) is 5.75 Å². The van der Waals surface area contributed by atoms with E-state index in [1.54, 1.807) is 21.3 Å². The summed E-state index contributed by atoms with van der Waals surface area (Å²) in [5, 5.41) is 0. The van der Waals surface area contributed by atoms with Crippen molar-refractivity contribution in [3.8, 4) is 5.75 Å². The Morgan fingerprint density at radius 2 is 1.87 bits per heavy atom. The minimum Gasteiger partial charge on any atom is -0.497 e. The Hall–Kier alpha value is -1.63. The van der Waals surface area contributed by atoms with Crippen LogP contribution in [0.5, 0.6) is 5.75 Å². The number of carbonyl (C=O) groups is 1. The van der Waals surface area contributed by atoms with Gasteiger partial charge in [0.15, 0.2) is 0 Å². The van der Waals surface area contributed by atoms with Crippen LogP contribution in [0.15, 0.2) is 18.2 Å². The van der Waals surface area contributed by atoms with Gasteiger partial charge in [-0.15, -0.1) is 0 Å². The van der Waals surface area contributed by atoms with E-state index in [0.29, 0.717) is 18.7 Å². The fourth-order valence-corrected chi connectivity index (χ4v) is 2.65. The molecule has 130 valence electrons. The molecule has 1 rings (SSSR count). The van der Waals surface area contributed by atoms with Gasteiger partial charge in [0.2, 0.25) is 5.91 Å². The van der Waals surface area contributed by atoms with Crippen molar-refractivity contribution >= 4 is 5.91 Å². The van der Waals surface area contributed by atoms with E-state index in [1.807, 2.05) is 25.1 Å². The Bertz CT molecular complexity index is 507. The van der Waals surface area contributed by atoms with Gasteiger partial charge in [-0.1, -0.05) is 6.07 Å². The van der Waals surface area contributed by atoms with Crippen LogP contribution in [0.1, 0.15) is 37.0 Å². The summed E-state index contributed by atoms with van der Waals surface area (Å²) in [5.74, 6) is -0.122. The Labute approximate surface area is 138 Å². The lowest BCUT2D eigenvalue weighted by molar-refractivity contribution is -0.127. The summed E-state index contributed by atoms with van der Waals surface area (Å²) in [6.45, 7) is 2.28. The SMILES string of the molecule is COc1ccc(C(OC)C(CCC(C)OC)C(N)=O)c(CN)c1. The standard InChI is InChI=1S/C17H28N2O4/c1-11(21-2)5-7-15(17(19)20)16(23-4)14-8-6-13(22-3)9-12(14)10-18/h6,8-9,11,15-16H,5,7,10,18H2,1-4H3,(H2,19,20). The van der Waals surface area contributed by atoms with Gasteiger partial charge in [-0.2, -0.15) is 0 Å². The fourth-order valence-electron chi connectivity index (χ4n) is 2.65. The maximum atomic E-state index is 11.9. The summed E-state index contributed by atoms with van der Waals surface area (Å²) in [4.78, 5) is 11.9. The smallest absolute Gasteiger partial charge is 0.223 e.